The molecule has 0 aliphatic rings. The number of rotatable bonds is 3. The predicted octanol–water partition coefficient (Wildman–Crippen LogP) is 4.00. The summed E-state index contributed by atoms with van der Waals surface area (Å²) in [5.74, 6) is 0. The lowest BCUT2D eigenvalue weighted by molar-refractivity contribution is 0.946. The third-order valence-electron chi connectivity index (χ3n) is 2.08. The van der Waals surface area contributed by atoms with Gasteiger partial charge in [-0.15, -0.1) is 11.3 Å². The monoisotopic (exact) mass is 326 g/mol. The van der Waals surface area contributed by atoms with Crippen LogP contribution in [0.15, 0.2) is 46.3 Å². The molecule has 1 heterocycles. The van der Waals surface area contributed by atoms with Crippen molar-refractivity contribution in [3.63, 3.8) is 0 Å². The number of nitrogens with one attached hydrogen (secondary N) is 2. The molecule has 0 aliphatic heterocycles. The zero-order valence-electron chi connectivity index (χ0n) is 8.94. The number of thiophene rings is 1. The summed E-state index contributed by atoms with van der Waals surface area (Å²) in [7, 11) is 0. The van der Waals surface area contributed by atoms with Crippen LogP contribution in [0, 0.1) is 0 Å². The van der Waals surface area contributed by atoms with Crippen molar-refractivity contribution in [1.29, 1.82) is 0 Å². The highest BCUT2D eigenvalue weighted by atomic mass is 79.9. The molecule has 0 amide bonds. The molecule has 0 aliphatic carbocycles. The van der Waals surface area contributed by atoms with Crippen molar-refractivity contribution in [1.82, 2.24) is 5.32 Å². The van der Waals surface area contributed by atoms with Crippen molar-refractivity contribution < 1.29 is 0 Å². The Morgan fingerprint density at radius 2 is 1.94 bits per heavy atom. The molecular formula is C12H11BrN2S2. The fourth-order valence-electron chi connectivity index (χ4n) is 1.31. The summed E-state index contributed by atoms with van der Waals surface area (Å²) in [5.41, 5.74) is 0.998. The van der Waals surface area contributed by atoms with E-state index >= 15 is 0 Å². The first kappa shape index (κ1) is 12.5. The maximum absolute atomic E-state index is 5.21. The molecule has 2 nitrogen and oxygen atoms in total. The molecule has 0 atom stereocenters. The highest BCUT2D eigenvalue weighted by Gasteiger charge is 1.99. The van der Waals surface area contributed by atoms with Crippen LogP contribution in [0.25, 0.3) is 0 Å². The Hall–Kier alpha value is -0.910. The minimum absolute atomic E-state index is 0.640. The van der Waals surface area contributed by atoms with Gasteiger partial charge in [-0.05, 0) is 52.4 Å². The minimum atomic E-state index is 0.640. The fourth-order valence-corrected chi connectivity index (χ4v) is 2.92. The smallest absolute Gasteiger partial charge is 0.171 e. The molecule has 1 aromatic heterocycles. The molecule has 2 N–H and O–H groups in total. The molecule has 0 saturated carbocycles. The second-order valence-corrected chi connectivity index (χ2v) is 6.34. The van der Waals surface area contributed by atoms with Crippen molar-refractivity contribution >= 4 is 50.3 Å². The molecule has 0 bridgehead atoms. The van der Waals surface area contributed by atoms with Crippen LogP contribution in [-0.4, -0.2) is 5.11 Å². The summed E-state index contributed by atoms with van der Waals surface area (Å²) in [6, 6.07) is 14.0. The lowest BCUT2D eigenvalue weighted by Crippen LogP contribution is -2.27. The normalized spacial score (nSPS) is 9.94. The Kier molecular flexibility index (Phi) is 4.53. The third kappa shape index (κ3) is 4.11. The Morgan fingerprint density at radius 1 is 1.18 bits per heavy atom. The number of anilines is 1. The second-order valence-electron chi connectivity index (χ2n) is 3.38. The van der Waals surface area contributed by atoms with Crippen LogP contribution in [0.4, 0.5) is 5.69 Å². The van der Waals surface area contributed by atoms with Gasteiger partial charge in [0.15, 0.2) is 5.11 Å². The lowest BCUT2D eigenvalue weighted by Gasteiger charge is -2.09. The molecule has 17 heavy (non-hydrogen) atoms. The topological polar surface area (TPSA) is 24.1 Å². The SMILES string of the molecule is S=C(NCc1ccc(Br)s1)Nc1ccccc1. The van der Waals surface area contributed by atoms with Crippen molar-refractivity contribution in [2.75, 3.05) is 5.32 Å². The maximum Gasteiger partial charge on any atom is 0.171 e. The van der Waals surface area contributed by atoms with E-state index in [4.69, 9.17) is 12.2 Å². The summed E-state index contributed by atoms with van der Waals surface area (Å²) < 4.78 is 1.14. The van der Waals surface area contributed by atoms with Gasteiger partial charge in [0.2, 0.25) is 0 Å². The van der Waals surface area contributed by atoms with Gasteiger partial charge >= 0.3 is 0 Å². The van der Waals surface area contributed by atoms with Gasteiger partial charge in [0, 0.05) is 10.6 Å². The Labute approximate surface area is 118 Å². The second kappa shape index (κ2) is 6.14. The zero-order valence-corrected chi connectivity index (χ0v) is 12.2. The van der Waals surface area contributed by atoms with Crippen LogP contribution < -0.4 is 10.6 Å². The van der Waals surface area contributed by atoms with E-state index < -0.39 is 0 Å². The highest BCUT2D eigenvalue weighted by molar-refractivity contribution is 9.11. The van der Waals surface area contributed by atoms with E-state index in [1.54, 1.807) is 11.3 Å². The van der Waals surface area contributed by atoms with E-state index in [0.717, 1.165) is 16.0 Å². The highest BCUT2D eigenvalue weighted by Crippen LogP contribution is 2.21. The van der Waals surface area contributed by atoms with Gasteiger partial charge in [-0.2, -0.15) is 0 Å². The minimum Gasteiger partial charge on any atom is -0.358 e. The molecular weight excluding hydrogens is 316 g/mol. The Bertz CT molecular complexity index is 496. The van der Waals surface area contributed by atoms with Gasteiger partial charge in [-0.25, -0.2) is 0 Å². The van der Waals surface area contributed by atoms with Gasteiger partial charge in [0.05, 0.1) is 10.3 Å². The average Bonchev–Trinajstić information content (AvgIpc) is 2.74. The van der Waals surface area contributed by atoms with Gasteiger partial charge in [0.25, 0.3) is 0 Å². The van der Waals surface area contributed by atoms with Gasteiger partial charge in [0.1, 0.15) is 0 Å². The van der Waals surface area contributed by atoms with Gasteiger partial charge in [-0.1, -0.05) is 18.2 Å². The number of hydrogen-bond acceptors (Lipinski definition) is 2. The van der Waals surface area contributed by atoms with E-state index in [9.17, 15) is 0 Å². The van der Waals surface area contributed by atoms with Crippen LogP contribution in [0.1, 0.15) is 4.88 Å². The van der Waals surface area contributed by atoms with Crippen LogP contribution in [0.2, 0.25) is 0 Å². The molecule has 0 unspecified atom stereocenters. The number of para-hydroxylation sites is 1. The molecule has 0 fully saturated rings. The first-order valence-electron chi connectivity index (χ1n) is 5.08. The number of benzene rings is 1. The third-order valence-corrected chi connectivity index (χ3v) is 3.95. The van der Waals surface area contributed by atoms with Crippen LogP contribution in [-0.2, 0) is 6.54 Å². The first-order chi connectivity index (χ1) is 8.24. The van der Waals surface area contributed by atoms with Crippen molar-refractivity contribution in [2.24, 2.45) is 0 Å². The van der Waals surface area contributed by atoms with Crippen LogP contribution >= 0.6 is 39.5 Å². The van der Waals surface area contributed by atoms with E-state index in [2.05, 4.69) is 32.6 Å². The van der Waals surface area contributed by atoms with E-state index in [-0.39, 0.29) is 0 Å². The molecule has 1 aromatic carbocycles. The Balaban J connectivity index is 1.82. The number of thiocarbonyl (C=S) groups is 1. The zero-order chi connectivity index (χ0) is 12.1. The van der Waals surface area contributed by atoms with Crippen molar-refractivity contribution in [3.05, 3.63) is 51.1 Å². The quantitative estimate of drug-likeness (QED) is 0.834. The van der Waals surface area contributed by atoms with Crippen molar-refractivity contribution in [3.8, 4) is 0 Å². The molecule has 0 radical (unpaired) electrons. The molecule has 2 aromatic rings. The van der Waals surface area contributed by atoms with Crippen molar-refractivity contribution in [2.45, 2.75) is 6.54 Å². The predicted molar refractivity (Wildman–Crippen MR) is 81.5 cm³/mol. The first-order valence-corrected chi connectivity index (χ1v) is 7.10. The number of hydrogen-bond donors (Lipinski definition) is 2. The summed E-state index contributed by atoms with van der Waals surface area (Å²) in [5, 5.41) is 6.94. The Morgan fingerprint density at radius 3 is 2.59 bits per heavy atom. The number of halogens is 1. The van der Waals surface area contributed by atoms with Gasteiger partial charge in [-0.3, -0.25) is 0 Å². The fraction of sp³-hybridized carbons (Fsp3) is 0.0833. The molecule has 0 saturated heterocycles. The lowest BCUT2D eigenvalue weighted by atomic mass is 10.3. The summed E-state index contributed by atoms with van der Waals surface area (Å²) >= 11 is 10.4. The van der Waals surface area contributed by atoms with E-state index in [1.807, 2.05) is 36.4 Å². The standard InChI is InChI=1S/C12H11BrN2S2/c13-11-7-6-10(17-11)8-14-12(16)15-9-4-2-1-3-5-9/h1-7H,8H2,(H2,14,15,16). The summed E-state index contributed by atoms with van der Waals surface area (Å²) in [6.07, 6.45) is 0. The van der Waals surface area contributed by atoms with Gasteiger partial charge < -0.3 is 10.6 Å². The summed E-state index contributed by atoms with van der Waals surface area (Å²) in [4.78, 5) is 1.24. The van der Waals surface area contributed by atoms with E-state index in [0.29, 0.717) is 5.11 Å². The van der Waals surface area contributed by atoms with Crippen LogP contribution in [0.3, 0.4) is 0 Å². The largest absolute Gasteiger partial charge is 0.358 e. The summed E-state index contributed by atoms with van der Waals surface area (Å²) in [6.45, 7) is 0.745. The average molecular weight is 327 g/mol. The van der Waals surface area contributed by atoms with E-state index in [1.165, 1.54) is 4.88 Å². The maximum atomic E-state index is 5.21. The molecule has 5 heteroatoms. The molecule has 2 rings (SSSR count). The van der Waals surface area contributed by atoms with Crippen LogP contribution in [0.5, 0.6) is 0 Å². The molecule has 88 valence electrons. The molecule has 0 spiro atoms.